The zero-order valence-electron chi connectivity index (χ0n) is 16.9. The van der Waals surface area contributed by atoms with Gasteiger partial charge in [-0.3, -0.25) is 4.79 Å². The number of alkyl halides is 3. The first-order valence-electron chi connectivity index (χ1n) is 8.78. The second-order valence-electron chi connectivity index (χ2n) is 6.99. The van der Waals surface area contributed by atoms with Crippen LogP contribution >= 0.6 is 24.8 Å². The second-order valence-corrected chi connectivity index (χ2v) is 6.99. The average molecular weight is 499 g/mol. The van der Waals surface area contributed by atoms with Gasteiger partial charge in [-0.2, -0.15) is 13.2 Å². The van der Waals surface area contributed by atoms with E-state index in [9.17, 15) is 27.5 Å². The van der Waals surface area contributed by atoms with Gasteiger partial charge in [0, 0.05) is 13.1 Å². The maximum Gasteiger partial charge on any atom is 0.451 e. The van der Waals surface area contributed by atoms with Gasteiger partial charge in [-0.1, -0.05) is 18.9 Å². The number of nitrogens with zero attached hydrogens (tertiary/aromatic N) is 1. The fraction of sp³-hybridized carbons (Fsp3) is 0.588. The third kappa shape index (κ3) is 11.9. The summed E-state index contributed by atoms with van der Waals surface area (Å²) in [6, 6.07) is 2.74. The number of unbranched alkanes of at least 4 members (excludes halogenated alkanes) is 1. The van der Waals surface area contributed by atoms with E-state index in [1.807, 2.05) is 0 Å². The predicted molar refractivity (Wildman–Crippen MR) is 114 cm³/mol. The number of benzene rings is 1. The lowest BCUT2D eigenvalue weighted by molar-refractivity contribution is -0.144. The number of carboxylic acids is 1. The molecule has 7 nitrogen and oxygen atoms in total. The molecule has 0 fully saturated rings. The molecule has 0 spiro atoms. The Morgan fingerprint density at radius 1 is 1.16 bits per heavy atom. The molecule has 7 N–H and O–H groups in total. The van der Waals surface area contributed by atoms with Gasteiger partial charge in [-0.05, 0) is 43.9 Å². The summed E-state index contributed by atoms with van der Waals surface area (Å²) < 4.78 is 51.7. The van der Waals surface area contributed by atoms with E-state index in [2.05, 4.69) is 0 Å². The van der Waals surface area contributed by atoms with Crippen LogP contribution in [-0.4, -0.2) is 57.7 Å². The van der Waals surface area contributed by atoms with E-state index < -0.39 is 36.2 Å². The largest absolute Gasteiger partial charge is 0.480 e. The number of carboxylic acid groups (broad SMARTS) is 1. The molecule has 1 aromatic rings. The predicted octanol–water partition coefficient (Wildman–Crippen LogP) is 2.11. The van der Waals surface area contributed by atoms with Crippen LogP contribution in [-0.2, 0) is 17.5 Å². The highest BCUT2D eigenvalue weighted by Gasteiger charge is 2.35. The summed E-state index contributed by atoms with van der Waals surface area (Å²) in [5, 5.41) is 27.0. The number of hydrogen-bond acceptors (Lipinski definition) is 5. The van der Waals surface area contributed by atoms with Crippen LogP contribution in [0.2, 0.25) is 6.32 Å². The van der Waals surface area contributed by atoms with Gasteiger partial charge in [0.15, 0.2) is 0 Å². The maximum absolute atomic E-state index is 13.3. The van der Waals surface area contributed by atoms with Crippen LogP contribution in [0.3, 0.4) is 0 Å². The molecular formula is C17H29BCl2F4N2O5. The minimum absolute atomic E-state index is 0. The molecular weight excluding hydrogens is 470 g/mol. The molecule has 0 aromatic heterocycles. The zero-order chi connectivity index (χ0) is 21.5. The van der Waals surface area contributed by atoms with Crippen molar-refractivity contribution in [2.24, 2.45) is 5.73 Å². The first kappa shape index (κ1) is 34.5. The number of carbonyl (C=O) groups is 1. The van der Waals surface area contributed by atoms with Crippen LogP contribution < -0.4 is 5.73 Å². The molecule has 0 saturated carbocycles. The van der Waals surface area contributed by atoms with Gasteiger partial charge in [0.05, 0.1) is 5.56 Å². The smallest absolute Gasteiger partial charge is 0.451 e. The highest BCUT2D eigenvalue weighted by molar-refractivity contribution is 6.40. The third-order valence-corrected chi connectivity index (χ3v) is 4.49. The van der Waals surface area contributed by atoms with Gasteiger partial charge < -0.3 is 31.3 Å². The number of halogens is 6. The molecule has 0 saturated heterocycles. The van der Waals surface area contributed by atoms with E-state index in [1.54, 1.807) is 11.9 Å². The molecule has 1 atom stereocenters. The van der Waals surface area contributed by atoms with Gasteiger partial charge in [0.25, 0.3) is 0 Å². The van der Waals surface area contributed by atoms with Gasteiger partial charge in [0.1, 0.15) is 11.4 Å². The third-order valence-electron chi connectivity index (χ3n) is 4.49. The summed E-state index contributed by atoms with van der Waals surface area (Å²) in [7, 11) is 0.140. The Kier molecular flexibility index (Phi) is 16.5. The van der Waals surface area contributed by atoms with Crippen molar-refractivity contribution < 1.29 is 43.0 Å². The molecule has 0 radical (unpaired) electrons. The van der Waals surface area contributed by atoms with Crippen LogP contribution in [0.15, 0.2) is 18.2 Å². The van der Waals surface area contributed by atoms with Gasteiger partial charge in [-0.15, -0.1) is 24.8 Å². The highest BCUT2D eigenvalue weighted by atomic mass is 35.5. The van der Waals surface area contributed by atoms with E-state index in [0.717, 1.165) is 12.1 Å². The molecule has 1 rings (SSSR count). The Labute approximate surface area is 190 Å². The molecule has 0 aliphatic carbocycles. The van der Waals surface area contributed by atoms with Crippen molar-refractivity contribution in [3.63, 3.8) is 0 Å². The quantitative estimate of drug-likeness (QED) is 0.209. The second kappa shape index (κ2) is 14.8. The van der Waals surface area contributed by atoms with Gasteiger partial charge >= 0.3 is 19.3 Å². The van der Waals surface area contributed by atoms with E-state index in [4.69, 9.17) is 15.8 Å². The lowest BCUT2D eigenvalue weighted by atomic mass is 9.81. The Morgan fingerprint density at radius 2 is 1.74 bits per heavy atom. The summed E-state index contributed by atoms with van der Waals surface area (Å²) >= 11 is 0. The van der Waals surface area contributed by atoms with Crippen LogP contribution in [0.5, 0.6) is 0 Å². The van der Waals surface area contributed by atoms with Crippen LogP contribution in [0.1, 0.15) is 36.8 Å². The lowest BCUT2D eigenvalue weighted by Gasteiger charge is -2.27. The Hall–Kier alpha value is -1.15. The zero-order valence-corrected chi connectivity index (χ0v) is 18.5. The average Bonchev–Trinajstić information content (AvgIpc) is 2.57. The highest BCUT2D eigenvalue weighted by Crippen LogP contribution is 2.32. The van der Waals surface area contributed by atoms with Crippen molar-refractivity contribution >= 4 is 37.9 Å². The van der Waals surface area contributed by atoms with Crippen LogP contribution in [0, 0.1) is 5.82 Å². The lowest BCUT2D eigenvalue weighted by Crippen LogP contribution is -2.49. The van der Waals surface area contributed by atoms with Gasteiger partial charge in [-0.25, -0.2) is 4.39 Å². The number of rotatable bonds is 11. The van der Waals surface area contributed by atoms with Crippen molar-refractivity contribution in [1.29, 1.82) is 0 Å². The minimum Gasteiger partial charge on any atom is -0.480 e. The summed E-state index contributed by atoms with van der Waals surface area (Å²) in [5.74, 6) is -2.55. The molecule has 14 heteroatoms. The van der Waals surface area contributed by atoms with Gasteiger partial charge in [0.2, 0.25) is 0 Å². The monoisotopic (exact) mass is 498 g/mol. The Morgan fingerprint density at radius 3 is 2.23 bits per heavy atom. The van der Waals surface area contributed by atoms with E-state index >= 15 is 0 Å². The van der Waals surface area contributed by atoms with Crippen molar-refractivity contribution in [2.75, 3.05) is 13.6 Å². The summed E-state index contributed by atoms with van der Waals surface area (Å²) in [6.45, 7) is 0.264. The topological polar surface area (TPSA) is 139 Å². The molecule has 182 valence electrons. The van der Waals surface area contributed by atoms with Crippen LogP contribution in [0.4, 0.5) is 17.6 Å². The Bertz CT molecular complexity index is 674. The standard InChI is InChI=1S/C17H25BF4N2O4.2ClH.H2O/c1-24(11-12-4-5-14(19)13(10-12)17(20,21)22)9-7-16(23,15(25)26)6-2-3-8-18(27)28;;;/h4-5,10,27-28H,2-3,6-9,11,23H2,1H3,(H,25,26);2*1H;1H2. The normalized spacial score (nSPS) is 12.8. The molecule has 0 aliphatic rings. The summed E-state index contributed by atoms with van der Waals surface area (Å²) in [6.07, 6.45) is -3.73. The molecule has 0 amide bonds. The first-order chi connectivity index (χ1) is 12.8. The Balaban J connectivity index is -0.00000261. The first-order valence-corrected chi connectivity index (χ1v) is 8.78. The van der Waals surface area contributed by atoms with Crippen molar-refractivity contribution in [3.8, 4) is 0 Å². The minimum atomic E-state index is -4.80. The molecule has 31 heavy (non-hydrogen) atoms. The molecule has 0 aliphatic heterocycles. The number of nitrogens with two attached hydrogens (primary N) is 1. The molecule has 0 heterocycles. The summed E-state index contributed by atoms with van der Waals surface area (Å²) in [4.78, 5) is 13.1. The fourth-order valence-electron chi connectivity index (χ4n) is 2.78. The van der Waals surface area contributed by atoms with E-state index in [0.29, 0.717) is 12.8 Å². The van der Waals surface area contributed by atoms with E-state index in [1.165, 1.54) is 6.07 Å². The van der Waals surface area contributed by atoms with Crippen molar-refractivity contribution in [2.45, 2.75) is 50.3 Å². The van der Waals surface area contributed by atoms with Crippen molar-refractivity contribution in [1.82, 2.24) is 4.90 Å². The summed E-state index contributed by atoms with van der Waals surface area (Å²) in [5.41, 5.74) is 3.32. The van der Waals surface area contributed by atoms with Crippen LogP contribution in [0.25, 0.3) is 0 Å². The van der Waals surface area contributed by atoms with Crippen molar-refractivity contribution in [3.05, 3.63) is 35.1 Å². The molecule has 1 aromatic carbocycles. The molecule has 1 unspecified atom stereocenters. The maximum atomic E-state index is 13.3. The number of aliphatic carboxylic acids is 1. The molecule has 0 bridgehead atoms. The van der Waals surface area contributed by atoms with E-state index in [-0.39, 0.29) is 68.1 Å². The number of hydrogen-bond donors (Lipinski definition) is 4. The fourth-order valence-corrected chi connectivity index (χ4v) is 2.78. The SMILES string of the molecule is CN(CCC(N)(CCCCB(O)O)C(=O)O)Cc1ccc(F)c(C(F)(F)F)c1.Cl.Cl.O.